The Morgan fingerprint density at radius 2 is 1.74 bits per heavy atom. The van der Waals surface area contributed by atoms with Crippen molar-refractivity contribution in [3.63, 3.8) is 0 Å². The fourth-order valence-corrected chi connectivity index (χ4v) is 4.35. The summed E-state index contributed by atoms with van der Waals surface area (Å²) in [4.78, 5) is 40.9. The maximum atomic E-state index is 13.4. The van der Waals surface area contributed by atoms with Crippen LogP contribution < -0.4 is 5.32 Å². The molecule has 3 aliphatic heterocycles. The van der Waals surface area contributed by atoms with Crippen LogP contribution in [0.3, 0.4) is 0 Å². The fraction of sp³-hybridized carbons (Fsp3) is 0.174. The lowest BCUT2D eigenvalue weighted by Crippen LogP contribution is -2.52. The molecular formula is C23H18N2O6. The first-order valence-electron chi connectivity index (χ1n) is 9.58. The maximum absolute atomic E-state index is 13.4. The van der Waals surface area contributed by atoms with Crippen molar-refractivity contribution in [2.45, 2.75) is 11.8 Å². The molecule has 3 aliphatic rings. The summed E-state index contributed by atoms with van der Waals surface area (Å²) < 4.78 is 16.5. The lowest BCUT2D eigenvalue weighted by molar-refractivity contribution is -0.175. The number of benzene rings is 2. The van der Waals surface area contributed by atoms with Gasteiger partial charge in [-0.25, -0.2) is 9.59 Å². The highest BCUT2D eigenvalue weighted by Crippen LogP contribution is 2.53. The molecule has 0 aliphatic carbocycles. The Bertz CT molecular complexity index is 1200. The highest BCUT2D eigenvalue weighted by atomic mass is 16.6. The predicted octanol–water partition coefficient (Wildman–Crippen LogP) is 2.45. The molecule has 0 fully saturated rings. The Labute approximate surface area is 177 Å². The van der Waals surface area contributed by atoms with E-state index in [2.05, 4.69) is 5.32 Å². The Hall–Kier alpha value is -3.91. The Morgan fingerprint density at radius 3 is 2.52 bits per heavy atom. The number of fused-ring (bicyclic) bond motifs is 5. The number of ether oxygens (including phenoxy) is 3. The highest BCUT2D eigenvalue weighted by Gasteiger charge is 2.61. The van der Waals surface area contributed by atoms with Gasteiger partial charge in [-0.05, 0) is 17.7 Å². The molecule has 0 saturated heterocycles. The number of amides is 1. The van der Waals surface area contributed by atoms with E-state index in [0.717, 1.165) is 11.1 Å². The molecule has 1 amide bonds. The molecule has 1 spiro atoms. The van der Waals surface area contributed by atoms with Crippen molar-refractivity contribution in [2.75, 3.05) is 19.5 Å². The summed E-state index contributed by atoms with van der Waals surface area (Å²) in [6.45, 7) is 0. The standard InChI is InChI=1S/C23H18N2O6/c1-29-20(26)17-18(21(27)30-2)25-12-11-13-7-3-4-8-14(13)19(25)31-23(17)15-9-5-6-10-16(15)24-22(23)28/h3-12,19H,1-2H3,(H,24,28)/t19-,23?/m1/s1. The molecule has 0 bridgehead atoms. The number of methoxy groups -OCH3 is 2. The largest absolute Gasteiger partial charge is 0.465 e. The third kappa shape index (κ3) is 2.48. The van der Waals surface area contributed by atoms with Gasteiger partial charge in [-0.2, -0.15) is 0 Å². The molecule has 2 aromatic rings. The molecule has 2 aromatic carbocycles. The number of rotatable bonds is 2. The van der Waals surface area contributed by atoms with E-state index in [-0.39, 0.29) is 11.3 Å². The zero-order valence-corrected chi connectivity index (χ0v) is 16.7. The number of carbonyl (C=O) groups is 3. The summed E-state index contributed by atoms with van der Waals surface area (Å²) >= 11 is 0. The van der Waals surface area contributed by atoms with Gasteiger partial charge in [0.25, 0.3) is 5.91 Å². The van der Waals surface area contributed by atoms with Gasteiger partial charge in [0.05, 0.1) is 14.2 Å². The van der Waals surface area contributed by atoms with Crippen LogP contribution in [0.4, 0.5) is 5.69 Å². The number of hydrogen-bond donors (Lipinski definition) is 1. The van der Waals surface area contributed by atoms with E-state index in [1.807, 2.05) is 24.3 Å². The van der Waals surface area contributed by atoms with Gasteiger partial charge in [-0.3, -0.25) is 4.79 Å². The molecule has 5 rings (SSSR count). The summed E-state index contributed by atoms with van der Waals surface area (Å²) in [7, 11) is 2.40. The van der Waals surface area contributed by atoms with Crippen molar-refractivity contribution < 1.29 is 28.6 Å². The predicted molar refractivity (Wildman–Crippen MR) is 109 cm³/mol. The monoisotopic (exact) mass is 418 g/mol. The third-order valence-corrected chi connectivity index (χ3v) is 5.71. The fourth-order valence-electron chi connectivity index (χ4n) is 4.35. The summed E-state index contributed by atoms with van der Waals surface area (Å²) in [5, 5.41) is 2.77. The van der Waals surface area contributed by atoms with E-state index in [0.29, 0.717) is 11.3 Å². The zero-order valence-electron chi connectivity index (χ0n) is 16.7. The molecule has 0 saturated carbocycles. The van der Waals surface area contributed by atoms with E-state index in [1.165, 1.54) is 19.1 Å². The van der Waals surface area contributed by atoms with Crippen LogP contribution in [0, 0.1) is 0 Å². The van der Waals surface area contributed by atoms with Gasteiger partial charge in [0.2, 0.25) is 5.60 Å². The first kappa shape index (κ1) is 19.1. The maximum Gasteiger partial charge on any atom is 0.355 e. The summed E-state index contributed by atoms with van der Waals surface area (Å²) in [5.74, 6) is -2.23. The van der Waals surface area contributed by atoms with E-state index in [1.54, 1.807) is 36.5 Å². The van der Waals surface area contributed by atoms with Gasteiger partial charge < -0.3 is 24.4 Å². The molecule has 0 aromatic heterocycles. The Kier molecular flexibility index (Phi) is 4.19. The summed E-state index contributed by atoms with van der Waals surface area (Å²) in [6, 6.07) is 14.4. The van der Waals surface area contributed by atoms with Gasteiger partial charge in [0, 0.05) is 23.0 Å². The molecule has 0 radical (unpaired) electrons. The normalized spacial score (nSPS) is 23.1. The average Bonchev–Trinajstić information content (AvgIpc) is 3.08. The third-order valence-electron chi connectivity index (χ3n) is 5.71. The van der Waals surface area contributed by atoms with Crippen LogP contribution >= 0.6 is 0 Å². The van der Waals surface area contributed by atoms with Crippen LogP contribution in [0.15, 0.2) is 66.0 Å². The number of esters is 2. The smallest absolute Gasteiger partial charge is 0.355 e. The first-order valence-corrected chi connectivity index (χ1v) is 9.58. The highest BCUT2D eigenvalue weighted by molar-refractivity contribution is 6.15. The number of anilines is 1. The van der Waals surface area contributed by atoms with Crippen molar-refractivity contribution in [3.8, 4) is 0 Å². The molecule has 8 heteroatoms. The quantitative estimate of drug-likeness (QED) is 0.749. The number of hydrogen-bond acceptors (Lipinski definition) is 7. The van der Waals surface area contributed by atoms with Crippen LogP contribution in [0.25, 0.3) is 6.08 Å². The zero-order chi connectivity index (χ0) is 21.8. The van der Waals surface area contributed by atoms with Gasteiger partial charge in [-0.1, -0.05) is 42.5 Å². The van der Waals surface area contributed by atoms with E-state index in [9.17, 15) is 14.4 Å². The van der Waals surface area contributed by atoms with Gasteiger partial charge in [0.15, 0.2) is 6.23 Å². The van der Waals surface area contributed by atoms with Crippen molar-refractivity contribution in [1.29, 1.82) is 0 Å². The van der Waals surface area contributed by atoms with Crippen LogP contribution in [0.1, 0.15) is 22.9 Å². The van der Waals surface area contributed by atoms with Crippen LogP contribution in [0.5, 0.6) is 0 Å². The van der Waals surface area contributed by atoms with Gasteiger partial charge in [-0.15, -0.1) is 0 Å². The molecule has 2 atom stereocenters. The molecule has 1 N–H and O–H groups in total. The van der Waals surface area contributed by atoms with Crippen molar-refractivity contribution >= 4 is 29.6 Å². The van der Waals surface area contributed by atoms with Crippen LogP contribution in [0.2, 0.25) is 0 Å². The van der Waals surface area contributed by atoms with Crippen molar-refractivity contribution in [3.05, 3.63) is 82.7 Å². The number of para-hydroxylation sites is 1. The lowest BCUT2D eigenvalue weighted by atomic mass is 9.82. The summed E-state index contributed by atoms with van der Waals surface area (Å²) in [5.41, 5.74) is 0.308. The lowest BCUT2D eigenvalue weighted by Gasteiger charge is -2.45. The Morgan fingerprint density at radius 1 is 1.03 bits per heavy atom. The SMILES string of the molecule is COC(=O)C1=C(C(=O)OC)C2(O[C@@H]3c4ccccc4C=CN13)C(=O)Nc1ccccc12. The van der Waals surface area contributed by atoms with Crippen LogP contribution in [-0.2, 0) is 34.2 Å². The average molecular weight is 418 g/mol. The second-order valence-electron chi connectivity index (χ2n) is 7.21. The number of carbonyl (C=O) groups excluding carboxylic acids is 3. The van der Waals surface area contributed by atoms with Crippen molar-refractivity contribution in [2.24, 2.45) is 0 Å². The van der Waals surface area contributed by atoms with Gasteiger partial charge in [0.1, 0.15) is 11.3 Å². The second kappa shape index (κ2) is 6.82. The molecular weight excluding hydrogens is 400 g/mol. The molecule has 1 unspecified atom stereocenters. The number of nitrogens with one attached hydrogen (secondary N) is 1. The van der Waals surface area contributed by atoms with Gasteiger partial charge >= 0.3 is 11.9 Å². The molecule has 3 heterocycles. The molecule has 156 valence electrons. The second-order valence-corrected chi connectivity index (χ2v) is 7.21. The molecule has 8 nitrogen and oxygen atoms in total. The van der Waals surface area contributed by atoms with E-state index in [4.69, 9.17) is 14.2 Å². The minimum Gasteiger partial charge on any atom is -0.465 e. The van der Waals surface area contributed by atoms with Crippen molar-refractivity contribution in [1.82, 2.24) is 4.90 Å². The minimum absolute atomic E-state index is 0.108. The Balaban J connectivity index is 1.87. The summed E-state index contributed by atoms with van der Waals surface area (Å²) in [6.07, 6.45) is 2.59. The van der Waals surface area contributed by atoms with Crippen LogP contribution in [-0.4, -0.2) is 37.0 Å². The topological polar surface area (TPSA) is 94.2 Å². The molecule has 31 heavy (non-hydrogen) atoms. The first-order chi connectivity index (χ1) is 15.0. The van der Waals surface area contributed by atoms with E-state index < -0.39 is 29.7 Å². The minimum atomic E-state index is -1.88. The van der Waals surface area contributed by atoms with E-state index >= 15 is 0 Å². The number of nitrogens with zero attached hydrogens (tertiary/aromatic N) is 1.